The van der Waals surface area contributed by atoms with Crippen molar-refractivity contribution in [2.75, 3.05) is 0 Å². The van der Waals surface area contributed by atoms with Gasteiger partial charge in [0.1, 0.15) is 0 Å². The van der Waals surface area contributed by atoms with Gasteiger partial charge in [-0.1, -0.05) is 57.5 Å². The lowest BCUT2D eigenvalue weighted by Gasteiger charge is -2.33. The summed E-state index contributed by atoms with van der Waals surface area (Å²) in [7, 11) is -2.17. The van der Waals surface area contributed by atoms with E-state index >= 15 is 0 Å². The first kappa shape index (κ1) is 13.5. The van der Waals surface area contributed by atoms with Crippen molar-refractivity contribution in [1.29, 1.82) is 0 Å². The van der Waals surface area contributed by atoms with Crippen molar-refractivity contribution < 1.29 is 4.80 Å². The van der Waals surface area contributed by atoms with Gasteiger partial charge in [-0.2, -0.15) is 0 Å². The molecule has 1 N–H and O–H groups in total. The smallest absolute Gasteiger partial charge is 0.197 e. The van der Waals surface area contributed by atoms with E-state index in [-0.39, 0.29) is 0 Å². The van der Waals surface area contributed by atoms with Gasteiger partial charge in [0, 0.05) is 0 Å². The lowest BCUT2D eigenvalue weighted by molar-refractivity contribution is 0.490. The highest BCUT2D eigenvalue weighted by molar-refractivity contribution is 6.74. The predicted molar refractivity (Wildman–Crippen MR) is 73.1 cm³/mol. The standard InChI is InChI=1S/C14H24OSi/c1-11(2)16(15,12(3)4)10-14-8-6-7-13(5)9-14/h6-9,11-12,15H,10H2,1-5H3. The molecule has 2 heteroatoms. The van der Waals surface area contributed by atoms with Crippen LogP contribution in [0.4, 0.5) is 0 Å². The van der Waals surface area contributed by atoms with Gasteiger partial charge in [0.05, 0.1) is 0 Å². The maximum Gasteiger partial charge on any atom is 0.197 e. The second kappa shape index (κ2) is 5.15. The van der Waals surface area contributed by atoms with E-state index in [9.17, 15) is 4.80 Å². The third-order valence-corrected chi connectivity index (χ3v) is 8.54. The molecule has 90 valence electrons. The topological polar surface area (TPSA) is 20.2 Å². The Balaban J connectivity index is 2.93. The Morgan fingerprint density at radius 2 is 1.69 bits per heavy atom. The van der Waals surface area contributed by atoms with Crippen LogP contribution in [-0.4, -0.2) is 13.1 Å². The highest BCUT2D eigenvalue weighted by Crippen LogP contribution is 2.32. The van der Waals surface area contributed by atoms with E-state index in [0.717, 1.165) is 6.04 Å². The zero-order valence-corrected chi connectivity index (χ0v) is 12.1. The molecule has 0 aromatic heterocycles. The van der Waals surface area contributed by atoms with Gasteiger partial charge in [-0.15, -0.1) is 0 Å². The van der Waals surface area contributed by atoms with Crippen LogP contribution < -0.4 is 0 Å². The lowest BCUT2D eigenvalue weighted by Crippen LogP contribution is -2.44. The third kappa shape index (κ3) is 2.95. The molecular weight excluding hydrogens is 212 g/mol. The van der Waals surface area contributed by atoms with E-state index in [1.165, 1.54) is 11.1 Å². The number of hydrogen-bond acceptors (Lipinski definition) is 1. The van der Waals surface area contributed by atoms with E-state index in [1.807, 2.05) is 0 Å². The Morgan fingerprint density at radius 3 is 2.12 bits per heavy atom. The molecule has 0 fully saturated rings. The average Bonchev–Trinajstić information content (AvgIpc) is 2.16. The molecule has 0 saturated carbocycles. The van der Waals surface area contributed by atoms with Gasteiger partial charge in [-0.05, 0) is 29.6 Å². The van der Waals surface area contributed by atoms with E-state index < -0.39 is 8.32 Å². The molecule has 0 aliphatic carbocycles. The first-order chi connectivity index (χ1) is 7.36. The van der Waals surface area contributed by atoms with Crippen LogP contribution >= 0.6 is 0 Å². The molecule has 0 atom stereocenters. The molecule has 0 spiro atoms. The minimum Gasteiger partial charge on any atom is -0.431 e. The van der Waals surface area contributed by atoms with Crippen LogP contribution in [0, 0.1) is 6.92 Å². The Bertz CT molecular complexity index is 336. The summed E-state index contributed by atoms with van der Waals surface area (Å²) in [6.45, 7) is 10.7. The predicted octanol–water partition coefficient (Wildman–Crippen LogP) is 3.83. The summed E-state index contributed by atoms with van der Waals surface area (Å²) in [4.78, 5) is 10.8. The fraction of sp³-hybridized carbons (Fsp3) is 0.571. The summed E-state index contributed by atoms with van der Waals surface area (Å²) in [5.74, 6) is 0. The highest BCUT2D eigenvalue weighted by atomic mass is 28.4. The molecule has 1 nitrogen and oxygen atoms in total. The zero-order valence-electron chi connectivity index (χ0n) is 11.1. The third-order valence-electron chi connectivity index (χ3n) is 3.57. The van der Waals surface area contributed by atoms with Crippen LogP contribution in [0.5, 0.6) is 0 Å². The molecule has 0 aliphatic heterocycles. The second-order valence-electron chi connectivity index (χ2n) is 5.47. The molecule has 1 aromatic rings. The summed E-state index contributed by atoms with van der Waals surface area (Å²) in [5, 5.41) is 0. The van der Waals surface area contributed by atoms with E-state index in [1.54, 1.807) is 0 Å². The average molecular weight is 236 g/mol. The van der Waals surface area contributed by atoms with E-state index in [0.29, 0.717) is 11.1 Å². The molecule has 1 rings (SSSR count). The van der Waals surface area contributed by atoms with Crippen LogP contribution in [0.25, 0.3) is 0 Å². The summed E-state index contributed by atoms with van der Waals surface area (Å²) >= 11 is 0. The van der Waals surface area contributed by atoms with Crippen molar-refractivity contribution >= 4 is 8.32 Å². The molecule has 0 aliphatic rings. The van der Waals surface area contributed by atoms with Crippen LogP contribution in [0.1, 0.15) is 38.8 Å². The van der Waals surface area contributed by atoms with Crippen molar-refractivity contribution in [3.8, 4) is 0 Å². The first-order valence-corrected chi connectivity index (χ1v) is 8.45. The molecule has 0 bridgehead atoms. The van der Waals surface area contributed by atoms with Crippen molar-refractivity contribution in [2.45, 2.75) is 51.7 Å². The molecule has 0 radical (unpaired) electrons. The summed E-state index contributed by atoms with van der Waals surface area (Å²) in [6, 6.07) is 9.40. The number of aryl methyl sites for hydroxylation is 1. The van der Waals surface area contributed by atoms with Gasteiger partial charge in [0.25, 0.3) is 0 Å². The lowest BCUT2D eigenvalue weighted by atomic mass is 10.2. The second-order valence-corrected chi connectivity index (χ2v) is 10.1. The van der Waals surface area contributed by atoms with Gasteiger partial charge in [0.2, 0.25) is 0 Å². The molecule has 1 aromatic carbocycles. The van der Waals surface area contributed by atoms with Gasteiger partial charge < -0.3 is 4.80 Å². The van der Waals surface area contributed by atoms with Crippen molar-refractivity contribution in [2.24, 2.45) is 0 Å². The number of hydrogen-bond donors (Lipinski definition) is 1. The van der Waals surface area contributed by atoms with Crippen LogP contribution in [0.15, 0.2) is 24.3 Å². The van der Waals surface area contributed by atoms with Crippen LogP contribution in [0.2, 0.25) is 11.1 Å². The first-order valence-electron chi connectivity index (χ1n) is 6.14. The largest absolute Gasteiger partial charge is 0.431 e. The van der Waals surface area contributed by atoms with E-state index in [2.05, 4.69) is 58.9 Å². The maximum atomic E-state index is 10.8. The van der Waals surface area contributed by atoms with Gasteiger partial charge in [0.15, 0.2) is 8.32 Å². The highest BCUT2D eigenvalue weighted by Gasteiger charge is 2.38. The molecule has 16 heavy (non-hydrogen) atoms. The Labute approximate surface area is 101 Å². The summed E-state index contributed by atoms with van der Waals surface area (Å²) in [6.07, 6.45) is 0. The minimum atomic E-state index is -2.17. The quantitative estimate of drug-likeness (QED) is 0.788. The minimum absolute atomic E-state index is 0.410. The SMILES string of the molecule is Cc1cccc(C[Si](O)(C(C)C)C(C)C)c1. The molecule has 0 saturated heterocycles. The van der Waals surface area contributed by atoms with Gasteiger partial charge in [-0.25, -0.2) is 0 Å². The normalized spacial score (nSPS) is 12.5. The Morgan fingerprint density at radius 1 is 1.12 bits per heavy atom. The Hall–Kier alpha value is -0.603. The zero-order chi connectivity index (χ0) is 12.3. The summed E-state index contributed by atoms with van der Waals surface area (Å²) < 4.78 is 0. The van der Waals surface area contributed by atoms with Gasteiger partial charge in [-0.3, -0.25) is 0 Å². The van der Waals surface area contributed by atoms with Crippen LogP contribution in [0.3, 0.4) is 0 Å². The Kier molecular flexibility index (Phi) is 4.33. The number of benzene rings is 1. The number of rotatable bonds is 4. The molecular formula is C14H24OSi. The van der Waals surface area contributed by atoms with Crippen molar-refractivity contribution in [1.82, 2.24) is 0 Å². The maximum absolute atomic E-state index is 10.8. The fourth-order valence-corrected chi connectivity index (χ4v) is 5.25. The van der Waals surface area contributed by atoms with E-state index in [4.69, 9.17) is 0 Å². The molecule has 0 amide bonds. The van der Waals surface area contributed by atoms with Crippen molar-refractivity contribution in [3.63, 3.8) is 0 Å². The monoisotopic (exact) mass is 236 g/mol. The van der Waals surface area contributed by atoms with Crippen LogP contribution in [-0.2, 0) is 6.04 Å². The fourth-order valence-electron chi connectivity index (χ4n) is 2.22. The summed E-state index contributed by atoms with van der Waals surface area (Å²) in [5.41, 5.74) is 3.39. The molecule has 0 unspecified atom stereocenters. The van der Waals surface area contributed by atoms with Gasteiger partial charge >= 0.3 is 0 Å². The van der Waals surface area contributed by atoms with Crippen molar-refractivity contribution in [3.05, 3.63) is 35.4 Å². The molecule has 0 heterocycles.